The second kappa shape index (κ2) is 3.85. The van der Waals surface area contributed by atoms with E-state index in [9.17, 15) is 0 Å². The quantitative estimate of drug-likeness (QED) is 0.582. The fraction of sp³-hybridized carbons (Fsp3) is 1.00. The maximum Gasteiger partial charge on any atom is 0.113 e. The van der Waals surface area contributed by atoms with Gasteiger partial charge in [0.25, 0.3) is 0 Å². The predicted octanol–water partition coefficient (Wildman–Crippen LogP) is 1.37. The van der Waals surface area contributed by atoms with Crippen molar-refractivity contribution >= 4 is 0 Å². The van der Waals surface area contributed by atoms with Crippen LogP contribution in [0, 0.1) is 0 Å². The van der Waals surface area contributed by atoms with Crippen molar-refractivity contribution < 1.29 is 4.74 Å². The Hall–Kier alpha value is -0.0800. The van der Waals surface area contributed by atoms with Crippen LogP contribution in [0.15, 0.2) is 0 Å². The van der Waals surface area contributed by atoms with Gasteiger partial charge in [-0.25, -0.2) is 0 Å². The lowest BCUT2D eigenvalue weighted by atomic mass is 10.3. The van der Waals surface area contributed by atoms with Crippen molar-refractivity contribution in [1.29, 1.82) is 0 Å². The van der Waals surface area contributed by atoms with Gasteiger partial charge < -0.3 is 4.74 Å². The second-order valence-corrected chi connectivity index (χ2v) is 2.61. The Bertz CT molecular complexity index is 71.3. The van der Waals surface area contributed by atoms with Crippen molar-refractivity contribution in [3.8, 4) is 0 Å². The van der Waals surface area contributed by atoms with Gasteiger partial charge in [-0.05, 0) is 27.3 Å². The van der Waals surface area contributed by atoms with E-state index in [2.05, 4.69) is 12.2 Å². The minimum atomic E-state index is -0.157. The maximum absolute atomic E-state index is 5.42. The van der Waals surface area contributed by atoms with E-state index in [0.717, 1.165) is 13.0 Å². The first-order chi connectivity index (χ1) is 4.12. The molecular formula is C7H17NO. The average Bonchev–Trinajstić information content (AvgIpc) is 1.84. The van der Waals surface area contributed by atoms with Gasteiger partial charge in [0.2, 0.25) is 0 Å². The number of rotatable bonds is 4. The van der Waals surface area contributed by atoms with E-state index in [1.54, 1.807) is 0 Å². The second-order valence-electron chi connectivity index (χ2n) is 2.61. The molecule has 0 aliphatic heterocycles. The molecule has 0 unspecified atom stereocenters. The molecule has 0 aromatic rings. The Morgan fingerprint density at radius 1 is 1.44 bits per heavy atom. The molecule has 0 atom stereocenters. The SMILES string of the molecule is CCCOC(C)(C)NC. The van der Waals surface area contributed by atoms with Gasteiger partial charge in [0.15, 0.2) is 0 Å². The molecule has 2 nitrogen and oxygen atoms in total. The van der Waals surface area contributed by atoms with Crippen LogP contribution in [0.25, 0.3) is 0 Å². The van der Waals surface area contributed by atoms with Crippen LogP contribution in [0.4, 0.5) is 0 Å². The van der Waals surface area contributed by atoms with Gasteiger partial charge in [0.05, 0.1) is 0 Å². The Morgan fingerprint density at radius 3 is 2.33 bits per heavy atom. The molecule has 0 aliphatic carbocycles. The predicted molar refractivity (Wildman–Crippen MR) is 39.4 cm³/mol. The van der Waals surface area contributed by atoms with Crippen LogP contribution in [0.3, 0.4) is 0 Å². The largest absolute Gasteiger partial charge is 0.361 e. The third-order valence-corrected chi connectivity index (χ3v) is 1.27. The topological polar surface area (TPSA) is 21.3 Å². The van der Waals surface area contributed by atoms with Crippen molar-refractivity contribution in [2.75, 3.05) is 13.7 Å². The van der Waals surface area contributed by atoms with Crippen LogP contribution in [0.1, 0.15) is 27.2 Å². The van der Waals surface area contributed by atoms with E-state index in [1.165, 1.54) is 0 Å². The zero-order chi connectivity index (χ0) is 7.33. The van der Waals surface area contributed by atoms with E-state index >= 15 is 0 Å². The molecular weight excluding hydrogens is 114 g/mol. The molecule has 0 spiro atoms. The number of ether oxygens (including phenoxy) is 1. The van der Waals surface area contributed by atoms with Crippen LogP contribution in [0.5, 0.6) is 0 Å². The summed E-state index contributed by atoms with van der Waals surface area (Å²) in [6.45, 7) is 6.96. The summed E-state index contributed by atoms with van der Waals surface area (Å²) in [7, 11) is 1.90. The molecule has 0 amide bonds. The van der Waals surface area contributed by atoms with Crippen molar-refractivity contribution in [2.24, 2.45) is 0 Å². The molecule has 0 heterocycles. The highest BCUT2D eigenvalue weighted by Gasteiger charge is 2.12. The summed E-state index contributed by atoms with van der Waals surface area (Å²) in [5.74, 6) is 0. The van der Waals surface area contributed by atoms with E-state index in [-0.39, 0.29) is 5.72 Å². The first-order valence-electron chi connectivity index (χ1n) is 3.45. The number of nitrogens with one attached hydrogen (secondary N) is 1. The lowest BCUT2D eigenvalue weighted by molar-refractivity contribution is -0.0370. The first kappa shape index (κ1) is 8.92. The first-order valence-corrected chi connectivity index (χ1v) is 3.45. The summed E-state index contributed by atoms with van der Waals surface area (Å²) in [5.41, 5.74) is -0.157. The average molecular weight is 131 g/mol. The Morgan fingerprint density at radius 2 is 2.00 bits per heavy atom. The van der Waals surface area contributed by atoms with Gasteiger partial charge in [-0.15, -0.1) is 0 Å². The van der Waals surface area contributed by atoms with Gasteiger partial charge in [-0.2, -0.15) is 0 Å². The van der Waals surface area contributed by atoms with Crippen molar-refractivity contribution in [2.45, 2.75) is 32.9 Å². The molecule has 0 saturated carbocycles. The fourth-order valence-corrected chi connectivity index (χ4v) is 0.429. The summed E-state index contributed by atoms with van der Waals surface area (Å²) in [6, 6.07) is 0. The van der Waals surface area contributed by atoms with Gasteiger partial charge in [-0.3, -0.25) is 5.32 Å². The fourth-order valence-electron chi connectivity index (χ4n) is 0.429. The van der Waals surface area contributed by atoms with Crippen LogP contribution in [-0.4, -0.2) is 19.4 Å². The van der Waals surface area contributed by atoms with Crippen LogP contribution in [-0.2, 0) is 4.74 Å². The highest BCUT2D eigenvalue weighted by Crippen LogP contribution is 2.02. The third-order valence-electron chi connectivity index (χ3n) is 1.27. The smallest absolute Gasteiger partial charge is 0.113 e. The zero-order valence-corrected chi connectivity index (χ0v) is 6.82. The van der Waals surface area contributed by atoms with Crippen LogP contribution in [0.2, 0.25) is 0 Å². The Kier molecular flexibility index (Phi) is 3.82. The molecule has 0 rings (SSSR count). The van der Waals surface area contributed by atoms with E-state index < -0.39 is 0 Å². The van der Waals surface area contributed by atoms with Crippen molar-refractivity contribution in [1.82, 2.24) is 5.32 Å². The molecule has 0 aromatic carbocycles. The molecule has 0 aliphatic rings. The molecule has 0 saturated heterocycles. The lowest BCUT2D eigenvalue weighted by Crippen LogP contribution is -2.39. The van der Waals surface area contributed by atoms with Crippen molar-refractivity contribution in [3.05, 3.63) is 0 Å². The molecule has 0 fully saturated rings. The van der Waals surface area contributed by atoms with Crippen LogP contribution >= 0.6 is 0 Å². The Labute approximate surface area is 57.6 Å². The minimum Gasteiger partial charge on any atom is -0.361 e. The maximum atomic E-state index is 5.42. The zero-order valence-electron chi connectivity index (χ0n) is 6.82. The van der Waals surface area contributed by atoms with Gasteiger partial charge >= 0.3 is 0 Å². The van der Waals surface area contributed by atoms with Gasteiger partial charge in [-0.1, -0.05) is 6.92 Å². The van der Waals surface area contributed by atoms with Crippen LogP contribution < -0.4 is 5.32 Å². The monoisotopic (exact) mass is 131 g/mol. The summed E-state index contributed by atoms with van der Waals surface area (Å²) in [4.78, 5) is 0. The van der Waals surface area contributed by atoms with E-state index in [4.69, 9.17) is 4.74 Å². The molecule has 0 bridgehead atoms. The van der Waals surface area contributed by atoms with Gasteiger partial charge in [0, 0.05) is 6.61 Å². The standard InChI is InChI=1S/C7H17NO/c1-5-6-9-7(2,3)8-4/h8H,5-6H2,1-4H3. The number of hydrogen-bond donors (Lipinski definition) is 1. The summed E-state index contributed by atoms with van der Waals surface area (Å²) in [5, 5.41) is 3.05. The van der Waals surface area contributed by atoms with Gasteiger partial charge in [0.1, 0.15) is 5.72 Å². The van der Waals surface area contributed by atoms with E-state index in [1.807, 2.05) is 20.9 Å². The minimum absolute atomic E-state index is 0.157. The molecule has 1 N–H and O–H groups in total. The number of hydrogen-bond acceptors (Lipinski definition) is 2. The van der Waals surface area contributed by atoms with Crippen molar-refractivity contribution in [3.63, 3.8) is 0 Å². The lowest BCUT2D eigenvalue weighted by Gasteiger charge is -2.23. The summed E-state index contributed by atoms with van der Waals surface area (Å²) >= 11 is 0. The summed E-state index contributed by atoms with van der Waals surface area (Å²) < 4.78 is 5.42. The highest BCUT2D eigenvalue weighted by molar-refractivity contribution is 4.60. The molecule has 0 aromatic heterocycles. The Balaban J connectivity index is 3.33. The highest BCUT2D eigenvalue weighted by atomic mass is 16.5. The molecule has 2 heteroatoms. The molecule has 9 heavy (non-hydrogen) atoms. The summed E-state index contributed by atoms with van der Waals surface area (Å²) in [6.07, 6.45) is 1.07. The molecule has 56 valence electrons. The third kappa shape index (κ3) is 4.43. The normalized spacial score (nSPS) is 12.0. The van der Waals surface area contributed by atoms with E-state index in [0.29, 0.717) is 0 Å². The molecule has 0 radical (unpaired) electrons.